The molecular weight excluding hydrogens is 252 g/mol. The van der Waals surface area contributed by atoms with E-state index in [-0.39, 0.29) is 0 Å². The second-order valence-electron chi connectivity index (χ2n) is 6.32. The molecule has 0 N–H and O–H groups in total. The summed E-state index contributed by atoms with van der Waals surface area (Å²) >= 11 is 0. The number of hydrogen-bond donors (Lipinski definition) is 0. The molecule has 3 heteroatoms. The van der Waals surface area contributed by atoms with Crippen LogP contribution in [-0.2, 0) is 9.16 Å². The van der Waals surface area contributed by atoms with Crippen LogP contribution in [0.4, 0.5) is 0 Å². The maximum Gasteiger partial charge on any atom is 0.258 e. The quantitative estimate of drug-likeness (QED) is 0.342. The summed E-state index contributed by atoms with van der Waals surface area (Å²) in [5.41, 5.74) is 2.94. The molecule has 0 aliphatic carbocycles. The maximum absolute atomic E-state index is 6.64. The summed E-state index contributed by atoms with van der Waals surface area (Å²) in [5, 5.41) is 0. The van der Waals surface area contributed by atoms with Gasteiger partial charge in [-0.25, -0.2) is 0 Å². The molecule has 0 aromatic heterocycles. The minimum absolute atomic E-state index is 0.581. The molecule has 112 valence electrons. The van der Waals surface area contributed by atoms with Crippen molar-refractivity contribution < 1.29 is 9.16 Å². The number of rotatable bonds is 7. The van der Waals surface area contributed by atoms with E-state index in [4.69, 9.17) is 9.16 Å². The first-order valence-electron chi connectivity index (χ1n) is 7.25. The predicted molar refractivity (Wildman–Crippen MR) is 86.7 cm³/mol. The number of ether oxygens (including phenoxy) is 1. The van der Waals surface area contributed by atoms with Crippen molar-refractivity contribution in [3.05, 3.63) is 23.7 Å². The smallest absolute Gasteiger partial charge is 0.258 e. The van der Waals surface area contributed by atoms with Crippen LogP contribution in [0.2, 0.25) is 16.6 Å². The molecule has 0 aromatic carbocycles. The molecule has 0 spiro atoms. The molecule has 0 heterocycles. The van der Waals surface area contributed by atoms with Crippen LogP contribution >= 0.6 is 0 Å². The van der Waals surface area contributed by atoms with E-state index in [9.17, 15) is 0 Å². The summed E-state index contributed by atoms with van der Waals surface area (Å²) in [5.74, 6) is 0.976. The summed E-state index contributed by atoms with van der Waals surface area (Å²) in [6.07, 6.45) is 3.65. The highest BCUT2D eigenvalue weighted by Gasteiger charge is 2.47. The normalized spacial score (nSPS) is 12.6. The molecule has 0 fully saturated rings. The number of hydrogen-bond acceptors (Lipinski definition) is 2. The Bertz CT molecular complexity index is 302. The third kappa shape index (κ3) is 4.41. The van der Waals surface area contributed by atoms with Crippen molar-refractivity contribution in [2.75, 3.05) is 7.11 Å². The fourth-order valence-corrected chi connectivity index (χ4v) is 8.34. The monoisotopic (exact) mass is 284 g/mol. The fourth-order valence-electron chi connectivity index (χ4n) is 2.98. The fraction of sp³-hybridized carbons (Fsp3) is 0.750. The molecule has 0 aromatic rings. The molecule has 0 aliphatic heterocycles. The molecule has 19 heavy (non-hydrogen) atoms. The van der Waals surface area contributed by atoms with Gasteiger partial charge in [0.25, 0.3) is 8.32 Å². The van der Waals surface area contributed by atoms with E-state index in [0.717, 1.165) is 5.76 Å². The van der Waals surface area contributed by atoms with Crippen LogP contribution < -0.4 is 0 Å². The van der Waals surface area contributed by atoms with Gasteiger partial charge >= 0.3 is 0 Å². The van der Waals surface area contributed by atoms with Crippen molar-refractivity contribution in [2.24, 2.45) is 0 Å². The molecule has 0 saturated carbocycles. The SMILES string of the molecule is CO/C=C/C(O[Si](C(C)C)(C(C)C)C(C)C)=C(C)C. The summed E-state index contributed by atoms with van der Waals surface area (Å²) in [6, 6.07) is 0. The van der Waals surface area contributed by atoms with E-state index in [2.05, 4.69) is 55.4 Å². The molecule has 2 nitrogen and oxygen atoms in total. The summed E-state index contributed by atoms with van der Waals surface area (Å²) < 4.78 is 11.7. The van der Waals surface area contributed by atoms with E-state index in [1.165, 1.54) is 5.57 Å². The van der Waals surface area contributed by atoms with Crippen LogP contribution in [0.15, 0.2) is 23.7 Å². The average molecular weight is 285 g/mol. The van der Waals surface area contributed by atoms with Crippen LogP contribution in [0.3, 0.4) is 0 Å². The molecular formula is C16H32O2Si. The van der Waals surface area contributed by atoms with Crippen molar-refractivity contribution in [1.82, 2.24) is 0 Å². The Morgan fingerprint density at radius 1 is 0.895 bits per heavy atom. The molecule has 0 bridgehead atoms. The Balaban J connectivity index is 5.54. The van der Waals surface area contributed by atoms with Crippen molar-refractivity contribution >= 4 is 8.32 Å². The Labute approximate surface area is 121 Å². The zero-order valence-corrected chi connectivity index (χ0v) is 15.2. The summed E-state index contributed by atoms with van der Waals surface area (Å²) in [6.45, 7) is 18.0. The van der Waals surface area contributed by atoms with Gasteiger partial charge in [-0.2, -0.15) is 0 Å². The lowest BCUT2D eigenvalue weighted by molar-refractivity contribution is 0.330. The van der Waals surface area contributed by atoms with Gasteiger partial charge in [0.15, 0.2) is 0 Å². The molecule has 0 saturated heterocycles. The lowest BCUT2D eigenvalue weighted by Gasteiger charge is -2.42. The first kappa shape index (κ1) is 18.3. The minimum Gasteiger partial charge on any atom is -0.543 e. The first-order chi connectivity index (χ1) is 8.70. The number of methoxy groups -OCH3 is 1. The second-order valence-corrected chi connectivity index (χ2v) is 11.7. The standard InChI is InChI=1S/C16H32O2Si/c1-12(2)16(10-11-17-9)18-19(13(3)4,14(5)6)15(7)8/h10-11,13-15H,1-9H3/b11-10+. The largest absolute Gasteiger partial charge is 0.543 e. The Morgan fingerprint density at radius 2 is 1.32 bits per heavy atom. The summed E-state index contributed by atoms with van der Waals surface area (Å²) in [7, 11) is -0.204. The summed E-state index contributed by atoms with van der Waals surface area (Å²) in [4.78, 5) is 0. The van der Waals surface area contributed by atoms with Crippen molar-refractivity contribution in [2.45, 2.75) is 72.0 Å². The van der Waals surface area contributed by atoms with Gasteiger partial charge < -0.3 is 9.16 Å². The lowest BCUT2D eigenvalue weighted by Crippen LogP contribution is -2.47. The second kappa shape index (κ2) is 7.78. The highest BCUT2D eigenvalue weighted by atomic mass is 28.4. The van der Waals surface area contributed by atoms with Crippen LogP contribution in [0.5, 0.6) is 0 Å². The zero-order valence-electron chi connectivity index (χ0n) is 14.2. The van der Waals surface area contributed by atoms with Gasteiger partial charge in [0.2, 0.25) is 0 Å². The highest BCUT2D eigenvalue weighted by molar-refractivity contribution is 6.77. The van der Waals surface area contributed by atoms with E-state index in [1.807, 2.05) is 6.08 Å². The highest BCUT2D eigenvalue weighted by Crippen LogP contribution is 2.44. The molecule has 0 amide bonds. The van der Waals surface area contributed by atoms with Gasteiger partial charge in [0.1, 0.15) is 5.76 Å². The minimum atomic E-state index is -1.87. The third-order valence-electron chi connectivity index (χ3n) is 3.84. The van der Waals surface area contributed by atoms with Gasteiger partial charge in [-0.1, -0.05) is 41.5 Å². The van der Waals surface area contributed by atoms with Gasteiger partial charge in [-0.15, -0.1) is 0 Å². The lowest BCUT2D eigenvalue weighted by atomic mass is 10.3. The van der Waals surface area contributed by atoms with Crippen LogP contribution in [0.1, 0.15) is 55.4 Å². The Hall–Kier alpha value is -0.703. The molecule has 0 radical (unpaired) electrons. The van der Waals surface area contributed by atoms with E-state index in [0.29, 0.717) is 16.6 Å². The average Bonchev–Trinajstić information content (AvgIpc) is 2.27. The van der Waals surface area contributed by atoms with E-state index >= 15 is 0 Å². The molecule has 0 unspecified atom stereocenters. The van der Waals surface area contributed by atoms with Crippen LogP contribution in [0, 0.1) is 0 Å². The third-order valence-corrected chi connectivity index (χ3v) is 9.83. The zero-order chi connectivity index (χ0) is 15.2. The van der Waals surface area contributed by atoms with Crippen LogP contribution in [-0.4, -0.2) is 15.4 Å². The Morgan fingerprint density at radius 3 is 1.58 bits per heavy atom. The van der Waals surface area contributed by atoms with E-state index in [1.54, 1.807) is 13.4 Å². The van der Waals surface area contributed by atoms with Gasteiger partial charge in [-0.3, -0.25) is 0 Å². The maximum atomic E-state index is 6.64. The van der Waals surface area contributed by atoms with Crippen molar-refractivity contribution in [1.29, 1.82) is 0 Å². The Kier molecular flexibility index (Phi) is 7.49. The van der Waals surface area contributed by atoms with Gasteiger partial charge in [0, 0.05) is 6.08 Å². The molecule has 0 atom stereocenters. The van der Waals surface area contributed by atoms with Gasteiger partial charge in [0.05, 0.1) is 13.4 Å². The van der Waals surface area contributed by atoms with Gasteiger partial charge in [-0.05, 0) is 36.0 Å². The van der Waals surface area contributed by atoms with Crippen LogP contribution in [0.25, 0.3) is 0 Å². The number of allylic oxidation sites excluding steroid dienone is 2. The predicted octanol–water partition coefficient (Wildman–Crippen LogP) is 5.63. The molecule has 0 rings (SSSR count). The van der Waals surface area contributed by atoms with Crippen molar-refractivity contribution in [3.63, 3.8) is 0 Å². The first-order valence-corrected chi connectivity index (χ1v) is 9.39. The topological polar surface area (TPSA) is 18.5 Å². The molecule has 0 aliphatic rings. The van der Waals surface area contributed by atoms with Crippen molar-refractivity contribution in [3.8, 4) is 0 Å². The van der Waals surface area contributed by atoms with E-state index < -0.39 is 8.32 Å².